The van der Waals surface area contributed by atoms with Crippen LogP contribution in [-0.4, -0.2) is 19.2 Å². The maximum absolute atomic E-state index is 11.8. The van der Waals surface area contributed by atoms with Gasteiger partial charge in [0.1, 0.15) is 0 Å². The van der Waals surface area contributed by atoms with Gasteiger partial charge in [-0.2, -0.15) is 0 Å². The van der Waals surface area contributed by atoms with E-state index in [-0.39, 0.29) is 6.04 Å². The molecule has 19 heavy (non-hydrogen) atoms. The van der Waals surface area contributed by atoms with E-state index in [1.807, 2.05) is 19.1 Å². The minimum atomic E-state index is -0.394. The lowest BCUT2D eigenvalue weighted by molar-refractivity contribution is 0.190. The van der Waals surface area contributed by atoms with Crippen LogP contribution in [0, 0.1) is 6.92 Å². The van der Waals surface area contributed by atoms with Gasteiger partial charge in [0.05, 0.1) is 7.11 Å². The molecule has 4 heteroatoms. The van der Waals surface area contributed by atoms with Gasteiger partial charge in [-0.3, -0.25) is 0 Å². The number of amides is 1. The Morgan fingerprint density at radius 1 is 1.21 bits per heavy atom. The maximum atomic E-state index is 11.8. The monoisotopic (exact) mass is 263 g/mol. The highest BCUT2D eigenvalue weighted by molar-refractivity contribution is 5.71. The Balaban J connectivity index is 1.94. The molecule has 104 valence electrons. The highest BCUT2D eigenvalue weighted by Crippen LogP contribution is 2.28. The lowest BCUT2D eigenvalue weighted by atomic mass is 9.96. The Morgan fingerprint density at radius 3 is 2.63 bits per heavy atom. The summed E-state index contributed by atoms with van der Waals surface area (Å²) in [5.41, 5.74) is 1.07. The fourth-order valence-corrected chi connectivity index (χ4v) is 2.40. The molecule has 0 atom stereocenters. The van der Waals surface area contributed by atoms with E-state index in [1.54, 1.807) is 13.2 Å². The van der Waals surface area contributed by atoms with Crippen LogP contribution in [0.5, 0.6) is 11.5 Å². The largest absolute Gasteiger partial charge is 0.493 e. The third-order valence-corrected chi connectivity index (χ3v) is 3.45. The van der Waals surface area contributed by atoms with E-state index in [9.17, 15) is 4.79 Å². The number of hydrogen-bond acceptors (Lipinski definition) is 3. The van der Waals surface area contributed by atoms with E-state index in [4.69, 9.17) is 9.47 Å². The average Bonchev–Trinajstić information content (AvgIpc) is 2.42. The van der Waals surface area contributed by atoms with E-state index in [1.165, 1.54) is 19.3 Å². The summed E-state index contributed by atoms with van der Waals surface area (Å²) in [6.45, 7) is 1.97. The topological polar surface area (TPSA) is 47.6 Å². The molecule has 0 spiro atoms. The van der Waals surface area contributed by atoms with Crippen molar-refractivity contribution in [3.05, 3.63) is 23.8 Å². The van der Waals surface area contributed by atoms with Gasteiger partial charge in [0.25, 0.3) is 0 Å². The molecule has 1 aromatic rings. The van der Waals surface area contributed by atoms with Crippen LogP contribution in [0.25, 0.3) is 0 Å². The summed E-state index contributed by atoms with van der Waals surface area (Å²) in [5.74, 6) is 1.04. The van der Waals surface area contributed by atoms with E-state index in [2.05, 4.69) is 5.32 Å². The van der Waals surface area contributed by atoms with Crippen LogP contribution < -0.4 is 14.8 Å². The second-order valence-electron chi connectivity index (χ2n) is 5.02. The third-order valence-electron chi connectivity index (χ3n) is 3.45. The van der Waals surface area contributed by atoms with Gasteiger partial charge in [-0.05, 0) is 37.5 Å². The molecular weight excluding hydrogens is 242 g/mol. The Labute approximate surface area is 114 Å². The van der Waals surface area contributed by atoms with Crippen LogP contribution in [0.2, 0.25) is 0 Å². The zero-order chi connectivity index (χ0) is 13.7. The number of benzene rings is 1. The van der Waals surface area contributed by atoms with Crippen molar-refractivity contribution in [2.24, 2.45) is 0 Å². The van der Waals surface area contributed by atoms with Gasteiger partial charge in [0.15, 0.2) is 11.5 Å². The SMILES string of the molecule is COc1cc(C)ccc1OC(=O)NC1CCCCC1. The number of ether oxygens (including phenoxy) is 2. The van der Waals surface area contributed by atoms with E-state index in [0.29, 0.717) is 11.5 Å². The third kappa shape index (κ3) is 3.88. The molecule has 1 fully saturated rings. The molecular formula is C15H21NO3. The van der Waals surface area contributed by atoms with Crippen LogP contribution in [0.15, 0.2) is 18.2 Å². The van der Waals surface area contributed by atoms with Gasteiger partial charge in [-0.25, -0.2) is 4.79 Å². The van der Waals surface area contributed by atoms with E-state index < -0.39 is 6.09 Å². The number of aryl methyl sites for hydroxylation is 1. The number of carbonyl (C=O) groups is 1. The maximum Gasteiger partial charge on any atom is 0.412 e. The first-order valence-corrected chi connectivity index (χ1v) is 6.82. The highest BCUT2D eigenvalue weighted by atomic mass is 16.6. The summed E-state index contributed by atoms with van der Waals surface area (Å²) in [6.07, 6.45) is 5.31. The first-order chi connectivity index (χ1) is 9.19. The lowest BCUT2D eigenvalue weighted by Crippen LogP contribution is -2.38. The van der Waals surface area contributed by atoms with Crippen molar-refractivity contribution < 1.29 is 14.3 Å². The van der Waals surface area contributed by atoms with Crippen LogP contribution in [0.1, 0.15) is 37.7 Å². The van der Waals surface area contributed by atoms with Crippen LogP contribution >= 0.6 is 0 Å². The predicted molar refractivity (Wildman–Crippen MR) is 73.8 cm³/mol. The van der Waals surface area contributed by atoms with Crippen LogP contribution in [0.4, 0.5) is 4.79 Å². The average molecular weight is 263 g/mol. The van der Waals surface area contributed by atoms with Gasteiger partial charge in [0, 0.05) is 6.04 Å². The molecule has 1 aliphatic carbocycles. The number of rotatable bonds is 3. The lowest BCUT2D eigenvalue weighted by Gasteiger charge is -2.22. The van der Waals surface area contributed by atoms with Crippen molar-refractivity contribution >= 4 is 6.09 Å². The standard InChI is InChI=1S/C15H21NO3/c1-11-8-9-13(14(10-11)18-2)19-15(17)16-12-6-4-3-5-7-12/h8-10,12H,3-7H2,1-2H3,(H,16,17). The number of hydrogen-bond donors (Lipinski definition) is 1. The minimum Gasteiger partial charge on any atom is -0.493 e. The molecule has 1 aliphatic rings. The summed E-state index contributed by atoms with van der Waals surface area (Å²) >= 11 is 0. The molecule has 1 N–H and O–H groups in total. The number of methoxy groups -OCH3 is 1. The normalized spacial score (nSPS) is 15.9. The number of nitrogens with one attached hydrogen (secondary N) is 1. The summed E-state index contributed by atoms with van der Waals surface area (Å²) in [6, 6.07) is 5.75. The summed E-state index contributed by atoms with van der Waals surface area (Å²) in [7, 11) is 1.57. The first kappa shape index (κ1) is 13.7. The summed E-state index contributed by atoms with van der Waals surface area (Å²) < 4.78 is 10.5. The van der Waals surface area contributed by atoms with Gasteiger partial charge in [-0.15, -0.1) is 0 Å². The second kappa shape index (κ2) is 6.45. The fraction of sp³-hybridized carbons (Fsp3) is 0.533. The highest BCUT2D eigenvalue weighted by Gasteiger charge is 2.17. The molecule has 0 radical (unpaired) electrons. The first-order valence-electron chi connectivity index (χ1n) is 6.82. The molecule has 0 unspecified atom stereocenters. The molecule has 0 aliphatic heterocycles. The van der Waals surface area contributed by atoms with Crippen molar-refractivity contribution in [1.29, 1.82) is 0 Å². The molecule has 0 aromatic heterocycles. The summed E-state index contributed by atoms with van der Waals surface area (Å²) in [5, 5.41) is 2.92. The quantitative estimate of drug-likeness (QED) is 0.909. The molecule has 1 amide bonds. The molecule has 0 bridgehead atoms. The van der Waals surface area contributed by atoms with Gasteiger partial charge in [-0.1, -0.05) is 25.3 Å². The fourth-order valence-electron chi connectivity index (χ4n) is 2.40. The van der Waals surface area contributed by atoms with Crippen molar-refractivity contribution in [2.75, 3.05) is 7.11 Å². The Hall–Kier alpha value is -1.71. The van der Waals surface area contributed by atoms with Gasteiger partial charge < -0.3 is 14.8 Å². The zero-order valence-electron chi connectivity index (χ0n) is 11.6. The summed E-state index contributed by atoms with van der Waals surface area (Å²) in [4.78, 5) is 11.8. The van der Waals surface area contributed by atoms with Crippen molar-refractivity contribution in [2.45, 2.75) is 45.1 Å². The molecule has 0 heterocycles. The molecule has 2 rings (SSSR count). The van der Waals surface area contributed by atoms with E-state index >= 15 is 0 Å². The molecule has 0 saturated heterocycles. The smallest absolute Gasteiger partial charge is 0.412 e. The van der Waals surface area contributed by atoms with E-state index in [0.717, 1.165) is 18.4 Å². The zero-order valence-corrected chi connectivity index (χ0v) is 11.6. The van der Waals surface area contributed by atoms with Gasteiger partial charge in [0.2, 0.25) is 0 Å². The second-order valence-corrected chi connectivity index (χ2v) is 5.02. The predicted octanol–water partition coefficient (Wildman–Crippen LogP) is 3.42. The van der Waals surface area contributed by atoms with Crippen LogP contribution in [0.3, 0.4) is 0 Å². The Bertz CT molecular complexity index is 439. The molecule has 1 aromatic carbocycles. The Morgan fingerprint density at radius 2 is 1.95 bits per heavy atom. The Kier molecular flexibility index (Phi) is 4.66. The molecule has 1 saturated carbocycles. The van der Waals surface area contributed by atoms with Crippen molar-refractivity contribution in [3.63, 3.8) is 0 Å². The molecule has 4 nitrogen and oxygen atoms in total. The van der Waals surface area contributed by atoms with Gasteiger partial charge >= 0.3 is 6.09 Å². The number of carbonyl (C=O) groups excluding carboxylic acids is 1. The van der Waals surface area contributed by atoms with Crippen LogP contribution in [-0.2, 0) is 0 Å². The van der Waals surface area contributed by atoms with Crippen molar-refractivity contribution in [1.82, 2.24) is 5.32 Å². The minimum absolute atomic E-state index is 0.248. The van der Waals surface area contributed by atoms with Crippen molar-refractivity contribution in [3.8, 4) is 11.5 Å².